The number of halogens is 2. The third-order valence-electron chi connectivity index (χ3n) is 2.24. The van der Waals surface area contributed by atoms with Crippen LogP contribution in [0.1, 0.15) is 5.56 Å². The quantitative estimate of drug-likeness (QED) is 0.741. The summed E-state index contributed by atoms with van der Waals surface area (Å²) in [6.07, 6.45) is -1.04. The number of ether oxygens (including phenoxy) is 2. The standard InChI is InChI=1S/C12H16F2O3/c1-16-5-6-17-8-9(15)7-10-11(13)3-2-4-12(10)14/h2-4,9,15H,5-8H2,1H3. The van der Waals surface area contributed by atoms with E-state index >= 15 is 0 Å². The number of methoxy groups -OCH3 is 1. The second-order valence-electron chi connectivity index (χ2n) is 3.63. The number of benzene rings is 1. The maximum atomic E-state index is 13.2. The van der Waals surface area contributed by atoms with Crippen molar-refractivity contribution in [3.05, 3.63) is 35.4 Å². The topological polar surface area (TPSA) is 38.7 Å². The minimum atomic E-state index is -0.932. The first-order valence-corrected chi connectivity index (χ1v) is 5.32. The largest absolute Gasteiger partial charge is 0.390 e. The summed E-state index contributed by atoms with van der Waals surface area (Å²) < 4.78 is 36.3. The molecule has 1 atom stereocenters. The Kier molecular flexibility index (Phi) is 6.04. The van der Waals surface area contributed by atoms with Crippen LogP contribution in [0.4, 0.5) is 8.78 Å². The maximum absolute atomic E-state index is 13.2. The number of hydrogen-bond donors (Lipinski definition) is 1. The van der Waals surface area contributed by atoms with Gasteiger partial charge in [0.1, 0.15) is 11.6 Å². The maximum Gasteiger partial charge on any atom is 0.129 e. The number of hydrogen-bond acceptors (Lipinski definition) is 3. The van der Waals surface area contributed by atoms with Crippen molar-refractivity contribution in [2.24, 2.45) is 0 Å². The molecule has 5 heteroatoms. The lowest BCUT2D eigenvalue weighted by Gasteiger charge is -2.12. The van der Waals surface area contributed by atoms with Crippen LogP contribution in [0.3, 0.4) is 0 Å². The molecule has 1 aromatic rings. The molecule has 96 valence electrons. The molecular weight excluding hydrogens is 230 g/mol. The van der Waals surface area contributed by atoms with Crippen molar-refractivity contribution >= 4 is 0 Å². The Labute approximate surface area is 99.0 Å². The Morgan fingerprint density at radius 2 is 1.88 bits per heavy atom. The molecule has 1 N–H and O–H groups in total. The fraction of sp³-hybridized carbons (Fsp3) is 0.500. The molecule has 0 radical (unpaired) electrons. The van der Waals surface area contributed by atoms with E-state index in [2.05, 4.69) is 0 Å². The second kappa shape index (κ2) is 7.32. The van der Waals surface area contributed by atoms with E-state index in [0.717, 1.165) is 12.1 Å². The summed E-state index contributed by atoms with van der Waals surface area (Å²) in [5.74, 6) is -1.30. The van der Waals surface area contributed by atoms with E-state index < -0.39 is 17.7 Å². The van der Waals surface area contributed by atoms with Crippen LogP contribution in [0.15, 0.2) is 18.2 Å². The molecule has 0 aliphatic carbocycles. The van der Waals surface area contributed by atoms with Gasteiger partial charge in [0.25, 0.3) is 0 Å². The zero-order chi connectivity index (χ0) is 12.7. The number of rotatable bonds is 7. The van der Waals surface area contributed by atoms with Crippen LogP contribution in [-0.2, 0) is 15.9 Å². The van der Waals surface area contributed by atoms with Gasteiger partial charge >= 0.3 is 0 Å². The van der Waals surface area contributed by atoms with Crippen molar-refractivity contribution < 1.29 is 23.4 Å². The molecule has 0 aromatic heterocycles. The monoisotopic (exact) mass is 246 g/mol. The van der Waals surface area contributed by atoms with Crippen molar-refractivity contribution in [3.8, 4) is 0 Å². The highest BCUT2D eigenvalue weighted by molar-refractivity contribution is 5.20. The van der Waals surface area contributed by atoms with Gasteiger partial charge in [-0.15, -0.1) is 0 Å². The Morgan fingerprint density at radius 3 is 2.47 bits per heavy atom. The SMILES string of the molecule is COCCOCC(O)Cc1c(F)cccc1F. The zero-order valence-corrected chi connectivity index (χ0v) is 9.66. The average molecular weight is 246 g/mol. The van der Waals surface area contributed by atoms with Gasteiger partial charge in [-0.05, 0) is 12.1 Å². The Bertz CT molecular complexity index is 324. The molecule has 1 unspecified atom stereocenters. The summed E-state index contributed by atoms with van der Waals surface area (Å²) in [4.78, 5) is 0. The van der Waals surface area contributed by atoms with Crippen LogP contribution >= 0.6 is 0 Å². The molecule has 0 fully saturated rings. The molecule has 0 saturated heterocycles. The van der Waals surface area contributed by atoms with E-state index in [-0.39, 0.29) is 18.6 Å². The molecule has 1 aromatic carbocycles. The van der Waals surface area contributed by atoms with Crippen molar-refractivity contribution in [3.63, 3.8) is 0 Å². The summed E-state index contributed by atoms with van der Waals surface area (Å²) in [6.45, 7) is 0.783. The molecule has 17 heavy (non-hydrogen) atoms. The average Bonchev–Trinajstić information content (AvgIpc) is 2.30. The van der Waals surface area contributed by atoms with Gasteiger partial charge in [0.15, 0.2) is 0 Å². The summed E-state index contributed by atoms with van der Waals surface area (Å²) in [7, 11) is 1.54. The van der Waals surface area contributed by atoms with Gasteiger partial charge in [0.05, 0.1) is 25.9 Å². The first-order valence-electron chi connectivity index (χ1n) is 5.32. The third-order valence-corrected chi connectivity index (χ3v) is 2.24. The van der Waals surface area contributed by atoms with Gasteiger partial charge in [0.2, 0.25) is 0 Å². The van der Waals surface area contributed by atoms with Crippen LogP contribution < -0.4 is 0 Å². The molecule has 0 aliphatic heterocycles. The van der Waals surface area contributed by atoms with Crippen molar-refractivity contribution in [1.29, 1.82) is 0 Å². The van der Waals surface area contributed by atoms with Crippen LogP contribution in [0.5, 0.6) is 0 Å². The molecule has 0 spiro atoms. The molecule has 0 aliphatic rings. The van der Waals surface area contributed by atoms with E-state index in [4.69, 9.17) is 9.47 Å². The first kappa shape index (κ1) is 14.0. The molecule has 1 rings (SSSR count). The first-order chi connectivity index (χ1) is 8.15. The molecule has 0 heterocycles. The van der Waals surface area contributed by atoms with E-state index in [1.807, 2.05) is 0 Å². The van der Waals surface area contributed by atoms with Gasteiger partial charge in [-0.2, -0.15) is 0 Å². The highest BCUT2D eigenvalue weighted by Crippen LogP contribution is 2.14. The van der Waals surface area contributed by atoms with Crippen LogP contribution in [0.25, 0.3) is 0 Å². The van der Waals surface area contributed by atoms with Gasteiger partial charge < -0.3 is 14.6 Å². The van der Waals surface area contributed by atoms with Crippen LogP contribution in [0.2, 0.25) is 0 Å². The predicted octanol–water partition coefficient (Wildman–Crippen LogP) is 1.53. The van der Waals surface area contributed by atoms with Gasteiger partial charge in [0, 0.05) is 19.1 Å². The lowest BCUT2D eigenvalue weighted by atomic mass is 10.1. The minimum Gasteiger partial charge on any atom is -0.390 e. The normalized spacial score (nSPS) is 12.7. The van der Waals surface area contributed by atoms with E-state index in [1.54, 1.807) is 0 Å². The molecule has 0 saturated carbocycles. The smallest absolute Gasteiger partial charge is 0.129 e. The molecular formula is C12H16F2O3. The van der Waals surface area contributed by atoms with Crippen molar-refractivity contribution in [2.45, 2.75) is 12.5 Å². The molecule has 0 amide bonds. The zero-order valence-electron chi connectivity index (χ0n) is 9.66. The predicted molar refractivity (Wildman–Crippen MR) is 58.8 cm³/mol. The Morgan fingerprint density at radius 1 is 1.24 bits per heavy atom. The minimum absolute atomic E-state index is 0.0249. The molecule has 0 bridgehead atoms. The van der Waals surface area contributed by atoms with E-state index in [0.29, 0.717) is 13.2 Å². The van der Waals surface area contributed by atoms with Gasteiger partial charge in [-0.25, -0.2) is 8.78 Å². The fourth-order valence-corrected chi connectivity index (χ4v) is 1.38. The summed E-state index contributed by atoms with van der Waals surface area (Å²) in [5.41, 5.74) is -0.115. The number of aliphatic hydroxyl groups excluding tert-OH is 1. The highest BCUT2D eigenvalue weighted by Gasteiger charge is 2.13. The summed E-state index contributed by atoms with van der Waals surface area (Å²) >= 11 is 0. The highest BCUT2D eigenvalue weighted by atomic mass is 19.1. The second-order valence-corrected chi connectivity index (χ2v) is 3.63. The Hall–Kier alpha value is -1.04. The van der Waals surface area contributed by atoms with E-state index in [9.17, 15) is 13.9 Å². The number of aliphatic hydroxyl groups is 1. The Balaban J connectivity index is 2.42. The molecule has 3 nitrogen and oxygen atoms in total. The fourth-order valence-electron chi connectivity index (χ4n) is 1.38. The van der Waals surface area contributed by atoms with Crippen molar-refractivity contribution in [2.75, 3.05) is 26.9 Å². The van der Waals surface area contributed by atoms with Crippen LogP contribution in [0, 0.1) is 11.6 Å². The lowest BCUT2D eigenvalue weighted by molar-refractivity contribution is 0.0131. The van der Waals surface area contributed by atoms with Gasteiger partial charge in [-0.3, -0.25) is 0 Å². The summed E-state index contributed by atoms with van der Waals surface area (Å²) in [6, 6.07) is 3.61. The van der Waals surface area contributed by atoms with Crippen molar-refractivity contribution in [1.82, 2.24) is 0 Å². The lowest BCUT2D eigenvalue weighted by Crippen LogP contribution is -2.20. The van der Waals surface area contributed by atoms with Gasteiger partial charge in [-0.1, -0.05) is 6.07 Å². The van der Waals surface area contributed by atoms with Crippen LogP contribution in [-0.4, -0.2) is 38.1 Å². The van der Waals surface area contributed by atoms with E-state index in [1.165, 1.54) is 13.2 Å². The summed E-state index contributed by atoms with van der Waals surface area (Å²) in [5, 5.41) is 9.55. The third kappa shape index (κ3) is 4.77.